The van der Waals surface area contributed by atoms with Gasteiger partial charge in [-0.05, 0) is 35.4 Å². The molecule has 1 N–H and O–H groups in total. The van der Waals surface area contributed by atoms with Crippen molar-refractivity contribution in [2.24, 2.45) is 0 Å². The van der Waals surface area contributed by atoms with Crippen molar-refractivity contribution in [3.63, 3.8) is 0 Å². The van der Waals surface area contributed by atoms with Crippen molar-refractivity contribution in [3.05, 3.63) is 114 Å². The molecule has 0 unspecified atom stereocenters. The summed E-state index contributed by atoms with van der Waals surface area (Å²) < 4.78 is 24.1. The van der Waals surface area contributed by atoms with Crippen LogP contribution in [0.2, 0.25) is 0 Å². The summed E-state index contributed by atoms with van der Waals surface area (Å²) in [5, 5.41) is 19.4. The van der Waals surface area contributed by atoms with E-state index in [1.165, 1.54) is 4.68 Å². The quantitative estimate of drug-likeness (QED) is 0.301. The summed E-state index contributed by atoms with van der Waals surface area (Å²) in [4.78, 5) is 12.8. The average Bonchev–Trinajstić information content (AvgIpc) is 3.55. The van der Waals surface area contributed by atoms with Crippen LogP contribution in [0, 0.1) is 0 Å². The van der Waals surface area contributed by atoms with E-state index in [1.807, 2.05) is 84.9 Å². The molecule has 2 atom stereocenters. The molecule has 3 aromatic carbocycles. The normalized spacial score (nSPS) is 15.7. The Balaban J connectivity index is 1.33. The van der Waals surface area contributed by atoms with Gasteiger partial charge in [0, 0.05) is 5.56 Å². The minimum Gasteiger partial charge on any atom is -0.497 e. The molecule has 0 saturated carbocycles. The maximum absolute atomic E-state index is 12.8. The Morgan fingerprint density at radius 2 is 1.55 bits per heavy atom. The Kier molecular flexibility index (Phi) is 7.65. The van der Waals surface area contributed by atoms with Gasteiger partial charge >= 0.3 is 5.97 Å². The standard InChI is InChI=1S/C29H27N3O6/c1-35-23-14-12-22(13-15-23)24-16-32(31-30-24)17-25(33)26-27(36-18-20-8-4-2-5-9-20)28(29(34)38-26)37-19-21-10-6-3-7-11-21/h2-16,25-26,33H,17-19H2,1H3/t25-,26+/m0/s1. The van der Waals surface area contributed by atoms with Crippen molar-refractivity contribution < 1.29 is 28.8 Å². The average molecular weight is 514 g/mol. The third-order valence-electron chi connectivity index (χ3n) is 6.01. The van der Waals surface area contributed by atoms with Gasteiger partial charge in [0.15, 0.2) is 11.9 Å². The molecule has 1 aliphatic heterocycles. The number of carbonyl (C=O) groups excluding carboxylic acids is 1. The summed E-state index contributed by atoms with van der Waals surface area (Å²) in [6.45, 7) is 0.352. The van der Waals surface area contributed by atoms with Crippen molar-refractivity contribution in [2.45, 2.75) is 32.0 Å². The van der Waals surface area contributed by atoms with Gasteiger partial charge in [-0.15, -0.1) is 5.10 Å². The lowest BCUT2D eigenvalue weighted by Gasteiger charge is -2.20. The van der Waals surface area contributed by atoms with Crippen LogP contribution in [0.3, 0.4) is 0 Å². The second-order valence-electron chi connectivity index (χ2n) is 8.69. The molecule has 1 aromatic heterocycles. The van der Waals surface area contributed by atoms with Crippen LogP contribution in [0.25, 0.3) is 11.3 Å². The van der Waals surface area contributed by atoms with Crippen molar-refractivity contribution in [1.29, 1.82) is 0 Å². The number of aromatic nitrogens is 3. The summed E-state index contributed by atoms with van der Waals surface area (Å²) in [5.41, 5.74) is 3.26. The lowest BCUT2D eigenvalue weighted by molar-refractivity contribution is -0.148. The summed E-state index contributed by atoms with van der Waals surface area (Å²) in [6.07, 6.45) is -0.512. The predicted octanol–water partition coefficient (Wildman–Crippen LogP) is 3.89. The highest BCUT2D eigenvalue weighted by Crippen LogP contribution is 2.30. The SMILES string of the molecule is COc1ccc(-c2cn(C[C@H](O)[C@H]3OC(=O)C(OCc4ccccc4)=C3OCc3ccccc3)nn2)cc1. The Morgan fingerprint density at radius 3 is 2.18 bits per heavy atom. The highest BCUT2D eigenvalue weighted by atomic mass is 16.6. The maximum atomic E-state index is 12.8. The minimum atomic E-state index is -1.16. The van der Waals surface area contributed by atoms with E-state index in [4.69, 9.17) is 18.9 Å². The van der Waals surface area contributed by atoms with Gasteiger partial charge in [0.25, 0.3) is 0 Å². The second kappa shape index (κ2) is 11.6. The zero-order valence-electron chi connectivity index (χ0n) is 20.8. The second-order valence-corrected chi connectivity index (χ2v) is 8.69. The first-order valence-corrected chi connectivity index (χ1v) is 12.1. The maximum Gasteiger partial charge on any atom is 0.378 e. The molecule has 0 saturated heterocycles. The first kappa shape index (κ1) is 25.0. The number of aliphatic hydroxyl groups excluding tert-OH is 1. The zero-order valence-corrected chi connectivity index (χ0v) is 20.8. The summed E-state index contributed by atoms with van der Waals surface area (Å²) in [7, 11) is 1.60. The minimum absolute atomic E-state index is 0.0191. The summed E-state index contributed by atoms with van der Waals surface area (Å²) >= 11 is 0. The molecule has 9 heteroatoms. The van der Waals surface area contributed by atoms with Gasteiger partial charge in [-0.1, -0.05) is 65.9 Å². The molecular formula is C29H27N3O6. The van der Waals surface area contributed by atoms with Crippen LogP contribution in [0.15, 0.2) is 103 Å². The lowest BCUT2D eigenvalue weighted by Crippen LogP contribution is -2.33. The molecule has 0 spiro atoms. The number of cyclic esters (lactones) is 1. The number of benzene rings is 3. The molecular weight excluding hydrogens is 486 g/mol. The predicted molar refractivity (Wildman–Crippen MR) is 137 cm³/mol. The molecule has 9 nitrogen and oxygen atoms in total. The van der Waals surface area contributed by atoms with Crippen LogP contribution in [0.4, 0.5) is 0 Å². The van der Waals surface area contributed by atoms with E-state index in [0.717, 1.165) is 22.4 Å². The lowest BCUT2D eigenvalue weighted by atomic mass is 10.1. The number of carbonyl (C=O) groups is 1. The Morgan fingerprint density at radius 1 is 0.921 bits per heavy atom. The summed E-state index contributed by atoms with van der Waals surface area (Å²) in [6, 6.07) is 26.4. The van der Waals surface area contributed by atoms with E-state index in [0.29, 0.717) is 5.69 Å². The van der Waals surface area contributed by atoms with Gasteiger partial charge in [-0.25, -0.2) is 9.48 Å². The van der Waals surface area contributed by atoms with Crippen molar-refractivity contribution in [2.75, 3.05) is 7.11 Å². The van der Waals surface area contributed by atoms with Gasteiger partial charge < -0.3 is 24.1 Å². The molecule has 0 amide bonds. The molecule has 0 bridgehead atoms. The van der Waals surface area contributed by atoms with E-state index in [1.54, 1.807) is 13.3 Å². The van der Waals surface area contributed by atoms with Crippen LogP contribution in [-0.4, -0.2) is 45.4 Å². The number of nitrogens with zero attached hydrogens (tertiary/aromatic N) is 3. The molecule has 5 rings (SSSR count). The van der Waals surface area contributed by atoms with Crippen molar-refractivity contribution >= 4 is 5.97 Å². The number of esters is 1. The van der Waals surface area contributed by atoms with Crippen LogP contribution in [0.1, 0.15) is 11.1 Å². The van der Waals surface area contributed by atoms with E-state index in [9.17, 15) is 9.90 Å². The number of hydrogen-bond acceptors (Lipinski definition) is 8. The Labute approximate surface area is 219 Å². The molecule has 0 radical (unpaired) electrons. The highest BCUT2D eigenvalue weighted by Gasteiger charge is 2.42. The summed E-state index contributed by atoms with van der Waals surface area (Å²) in [5.74, 6) is 0.148. The largest absolute Gasteiger partial charge is 0.497 e. The van der Waals surface area contributed by atoms with Gasteiger partial charge in [0.05, 0.1) is 19.9 Å². The van der Waals surface area contributed by atoms with E-state index in [2.05, 4.69) is 10.3 Å². The molecule has 0 fully saturated rings. The Hall–Kier alpha value is -4.63. The third kappa shape index (κ3) is 5.84. The van der Waals surface area contributed by atoms with Crippen molar-refractivity contribution in [3.8, 4) is 17.0 Å². The van der Waals surface area contributed by atoms with Gasteiger partial charge in [0.2, 0.25) is 5.76 Å². The van der Waals surface area contributed by atoms with Crippen LogP contribution < -0.4 is 4.74 Å². The molecule has 1 aliphatic rings. The zero-order chi connectivity index (χ0) is 26.3. The monoisotopic (exact) mass is 513 g/mol. The van der Waals surface area contributed by atoms with Gasteiger partial charge in [-0.3, -0.25) is 0 Å². The smallest absolute Gasteiger partial charge is 0.378 e. The van der Waals surface area contributed by atoms with Crippen LogP contribution in [0.5, 0.6) is 5.75 Å². The highest BCUT2D eigenvalue weighted by molar-refractivity contribution is 5.89. The topological polar surface area (TPSA) is 105 Å². The number of hydrogen-bond donors (Lipinski definition) is 1. The number of ether oxygens (including phenoxy) is 4. The first-order chi connectivity index (χ1) is 18.6. The van der Waals surface area contributed by atoms with Crippen LogP contribution in [-0.2, 0) is 38.8 Å². The molecule has 0 aliphatic carbocycles. The molecule has 38 heavy (non-hydrogen) atoms. The van der Waals surface area contributed by atoms with E-state index in [-0.39, 0.29) is 31.3 Å². The van der Waals surface area contributed by atoms with E-state index >= 15 is 0 Å². The van der Waals surface area contributed by atoms with Gasteiger partial charge in [-0.2, -0.15) is 0 Å². The number of rotatable bonds is 11. The molecule has 2 heterocycles. The molecule has 194 valence electrons. The third-order valence-corrected chi connectivity index (χ3v) is 6.01. The van der Waals surface area contributed by atoms with Crippen LogP contribution >= 0.6 is 0 Å². The Bertz CT molecular complexity index is 1390. The first-order valence-electron chi connectivity index (χ1n) is 12.1. The fourth-order valence-corrected chi connectivity index (χ4v) is 4.02. The fraction of sp³-hybridized carbons (Fsp3) is 0.207. The van der Waals surface area contributed by atoms with Gasteiger partial charge in [0.1, 0.15) is 30.8 Å². The number of aliphatic hydroxyl groups is 1. The number of methoxy groups -OCH3 is 1. The molecule has 4 aromatic rings. The fourth-order valence-electron chi connectivity index (χ4n) is 4.02. The van der Waals surface area contributed by atoms with Crippen molar-refractivity contribution in [1.82, 2.24) is 15.0 Å². The van der Waals surface area contributed by atoms with E-state index < -0.39 is 18.2 Å².